The number of halogens is 3. The summed E-state index contributed by atoms with van der Waals surface area (Å²) in [5.74, 6) is -2.22. The van der Waals surface area contributed by atoms with Crippen molar-refractivity contribution in [1.82, 2.24) is 19.6 Å². The summed E-state index contributed by atoms with van der Waals surface area (Å²) >= 11 is 0. The second kappa shape index (κ2) is 8.81. The Hall–Kier alpha value is -3.70. The molecule has 1 amide bonds. The third-order valence-electron chi connectivity index (χ3n) is 4.66. The van der Waals surface area contributed by atoms with E-state index in [0.29, 0.717) is 22.7 Å². The van der Waals surface area contributed by atoms with Crippen molar-refractivity contribution < 1.29 is 32.2 Å². The molecule has 0 saturated carbocycles. The first-order valence-electron chi connectivity index (χ1n) is 9.44. The molecule has 1 N–H and O–H groups in total. The molecule has 32 heavy (non-hydrogen) atoms. The zero-order valence-corrected chi connectivity index (χ0v) is 17.6. The highest BCUT2D eigenvalue weighted by atomic mass is 19.4. The summed E-state index contributed by atoms with van der Waals surface area (Å²) in [7, 11) is 1.52. The van der Waals surface area contributed by atoms with E-state index in [1.165, 1.54) is 27.9 Å². The standard InChI is InChI=1S/C20H20F3N5O4/c1-10-15(11(2)28-19(24-10)26-18(27-28)20(21,22)23)9-16(29)32-12(3)17(30)25-13-5-7-14(31-4)8-6-13/h5-8,12H,9H2,1-4H3,(H,25,30)/t12-/m1/s1. The topological polar surface area (TPSA) is 108 Å². The monoisotopic (exact) mass is 451 g/mol. The molecule has 0 aliphatic carbocycles. The number of anilines is 1. The first-order valence-corrected chi connectivity index (χ1v) is 9.44. The van der Waals surface area contributed by atoms with Gasteiger partial charge in [-0.15, -0.1) is 5.10 Å². The molecular formula is C20H20F3N5O4. The van der Waals surface area contributed by atoms with E-state index in [1.54, 1.807) is 24.3 Å². The number of carbonyl (C=O) groups is 2. The van der Waals surface area contributed by atoms with Crippen molar-refractivity contribution in [3.63, 3.8) is 0 Å². The van der Waals surface area contributed by atoms with Crippen molar-refractivity contribution in [2.45, 2.75) is 39.5 Å². The minimum Gasteiger partial charge on any atom is -0.497 e. The van der Waals surface area contributed by atoms with E-state index in [1.807, 2.05) is 0 Å². The number of hydrogen-bond acceptors (Lipinski definition) is 7. The normalized spacial score (nSPS) is 12.5. The van der Waals surface area contributed by atoms with Crippen molar-refractivity contribution in [1.29, 1.82) is 0 Å². The fraction of sp³-hybridized carbons (Fsp3) is 0.350. The fourth-order valence-corrected chi connectivity index (χ4v) is 2.94. The Labute approximate surface area is 180 Å². The Morgan fingerprint density at radius 2 is 1.81 bits per heavy atom. The van der Waals surface area contributed by atoms with Crippen LogP contribution in [-0.2, 0) is 26.9 Å². The van der Waals surface area contributed by atoms with Crippen molar-refractivity contribution >= 4 is 23.3 Å². The molecule has 0 unspecified atom stereocenters. The molecule has 2 aromatic heterocycles. The van der Waals surface area contributed by atoms with Gasteiger partial charge in [-0.25, -0.2) is 9.50 Å². The maximum Gasteiger partial charge on any atom is 0.453 e. The van der Waals surface area contributed by atoms with Gasteiger partial charge < -0.3 is 14.8 Å². The van der Waals surface area contributed by atoms with E-state index in [0.717, 1.165) is 4.52 Å². The van der Waals surface area contributed by atoms with Crippen LogP contribution in [0.4, 0.5) is 18.9 Å². The van der Waals surface area contributed by atoms with Gasteiger partial charge in [0.2, 0.25) is 0 Å². The minimum atomic E-state index is -4.72. The van der Waals surface area contributed by atoms with Gasteiger partial charge in [-0.2, -0.15) is 18.2 Å². The summed E-state index contributed by atoms with van der Waals surface area (Å²) in [5.41, 5.74) is 1.40. The van der Waals surface area contributed by atoms with Crippen LogP contribution in [0, 0.1) is 13.8 Å². The lowest BCUT2D eigenvalue weighted by atomic mass is 10.1. The highest BCUT2D eigenvalue weighted by molar-refractivity contribution is 5.95. The highest BCUT2D eigenvalue weighted by Gasteiger charge is 2.37. The molecule has 0 spiro atoms. The predicted molar refractivity (Wildman–Crippen MR) is 106 cm³/mol. The summed E-state index contributed by atoms with van der Waals surface area (Å²) in [6.45, 7) is 4.45. The van der Waals surface area contributed by atoms with Gasteiger partial charge in [0.25, 0.3) is 17.5 Å². The third kappa shape index (κ3) is 4.95. The third-order valence-corrected chi connectivity index (χ3v) is 4.66. The number of aromatic nitrogens is 4. The van der Waals surface area contributed by atoms with Crippen molar-refractivity contribution in [3.8, 4) is 5.75 Å². The number of alkyl halides is 3. The zero-order chi connectivity index (χ0) is 23.6. The molecule has 0 saturated heterocycles. The number of hydrogen-bond donors (Lipinski definition) is 1. The van der Waals surface area contributed by atoms with Gasteiger partial charge in [-0.1, -0.05) is 0 Å². The number of benzene rings is 1. The van der Waals surface area contributed by atoms with Crippen LogP contribution in [0.25, 0.3) is 5.78 Å². The second-order valence-corrected chi connectivity index (χ2v) is 6.93. The van der Waals surface area contributed by atoms with Gasteiger partial charge in [-0.05, 0) is 45.0 Å². The summed E-state index contributed by atoms with van der Waals surface area (Å²) in [6, 6.07) is 6.59. The molecule has 1 aromatic carbocycles. The number of esters is 1. The molecule has 12 heteroatoms. The van der Waals surface area contributed by atoms with Crippen LogP contribution in [0.1, 0.15) is 29.7 Å². The minimum absolute atomic E-state index is 0.225. The lowest BCUT2D eigenvalue weighted by molar-refractivity contribution is -0.152. The molecule has 0 fully saturated rings. The number of nitrogens with one attached hydrogen (secondary N) is 1. The van der Waals surface area contributed by atoms with E-state index in [9.17, 15) is 22.8 Å². The molecule has 0 bridgehead atoms. The van der Waals surface area contributed by atoms with Gasteiger partial charge in [0, 0.05) is 22.6 Å². The molecule has 9 nitrogen and oxygen atoms in total. The number of amides is 1. The number of methoxy groups -OCH3 is 1. The smallest absolute Gasteiger partial charge is 0.453 e. The van der Waals surface area contributed by atoms with Crippen LogP contribution in [0.15, 0.2) is 24.3 Å². The maximum absolute atomic E-state index is 12.9. The zero-order valence-electron chi connectivity index (χ0n) is 17.6. The Morgan fingerprint density at radius 3 is 2.41 bits per heavy atom. The molecule has 0 aliphatic rings. The van der Waals surface area contributed by atoms with E-state index in [2.05, 4.69) is 20.4 Å². The summed E-state index contributed by atoms with van der Waals surface area (Å²) < 4.78 is 49.9. The highest BCUT2D eigenvalue weighted by Crippen LogP contribution is 2.27. The summed E-state index contributed by atoms with van der Waals surface area (Å²) in [6.07, 6.45) is -6.13. The fourth-order valence-electron chi connectivity index (χ4n) is 2.94. The lowest BCUT2D eigenvalue weighted by Crippen LogP contribution is -2.30. The maximum atomic E-state index is 12.9. The second-order valence-electron chi connectivity index (χ2n) is 6.93. The number of fused-ring (bicyclic) bond motifs is 1. The number of carbonyl (C=O) groups excluding carboxylic acids is 2. The van der Waals surface area contributed by atoms with E-state index < -0.39 is 30.0 Å². The van der Waals surface area contributed by atoms with Crippen LogP contribution < -0.4 is 10.1 Å². The Morgan fingerprint density at radius 1 is 1.16 bits per heavy atom. The lowest BCUT2D eigenvalue weighted by Gasteiger charge is -2.15. The predicted octanol–water partition coefficient (Wildman–Crippen LogP) is 2.88. The first-order chi connectivity index (χ1) is 15.0. The molecule has 170 valence electrons. The molecule has 0 radical (unpaired) electrons. The number of aryl methyl sites for hydroxylation is 2. The molecule has 1 atom stereocenters. The SMILES string of the molecule is COc1ccc(NC(=O)[C@@H](C)OC(=O)Cc2c(C)nc3nc(C(F)(F)F)nn3c2C)cc1. The van der Waals surface area contributed by atoms with E-state index >= 15 is 0 Å². The first kappa shape index (κ1) is 23.0. The molecule has 3 aromatic rings. The molecule has 0 aliphatic heterocycles. The van der Waals surface area contributed by atoms with Gasteiger partial charge in [0.15, 0.2) is 6.10 Å². The quantitative estimate of drug-likeness (QED) is 0.574. The van der Waals surface area contributed by atoms with Crippen LogP contribution in [-0.4, -0.2) is 44.7 Å². The van der Waals surface area contributed by atoms with Crippen molar-refractivity contribution in [2.24, 2.45) is 0 Å². The number of nitrogens with zero attached hydrogens (tertiary/aromatic N) is 4. The molecule has 3 rings (SSSR count). The summed E-state index contributed by atoms with van der Waals surface area (Å²) in [5, 5.41) is 6.05. The van der Waals surface area contributed by atoms with Gasteiger partial charge in [0.05, 0.1) is 13.5 Å². The van der Waals surface area contributed by atoms with Gasteiger partial charge >= 0.3 is 12.1 Å². The summed E-state index contributed by atoms with van der Waals surface area (Å²) in [4.78, 5) is 32.1. The molecule has 2 heterocycles. The van der Waals surface area contributed by atoms with Gasteiger partial charge in [-0.3, -0.25) is 9.59 Å². The van der Waals surface area contributed by atoms with Gasteiger partial charge in [0.1, 0.15) is 5.75 Å². The number of ether oxygens (including phenoxy) is 2. The average molecular weight is 451 g/mol. The number of rotatable bonds is 6. The van der Waals surface area contributed by atoms with Crippen molar-refractivity contribution in [3.05, 3.63) is 47.0 Å². The van der Waals surface area contributed by atoms with E-state index in [4.69, 9.17) is 9.47 Å². The van der Waals surface area contributed by atoms with Crippen LogP contribution in [0.3, 0.4) is 0 Å². The van der Waals surface area contributed by atoms with Crippen molar-refractivity contribution in [2.75, 3.05) is 12.4 Å². The Bertz CT molecular complexity index is 1160. The Kier molecular flexibility index (Phi) is 6.32. The Balaban J connectivity index is 1.70. The van der Waals surface area contributed by atoms with Crippen LogP contribution in [0.5, 0.6) is 5.75 Å². The molecular weight excluding hydrogens is 431 g/mol. The van der Waals surface area contributed by atoms with E-state index in [-0.39, 0.29) is 17.9 Å². The van der Waals surface area contributed by atoms with Crippen LogP contribution >= 0.6 is 0 Å². The largest absolute Gasteiger partial charge is 0.497 e. The van der Waals surface area contributed by atoms with Crippen LogP contribution in [0.2, 0.25) is 0 Å². The average Bonchev–Trinajstić information content (AvgIpc) is 3.16.